The quantitative estimate of drug-likeness (QED) is 0.528. The molecule has 0 aliphatic rings. The van der Waals surface area contributed by atoms with Crippen molar-refractivity contribution in [1.29, 1.82) is 0 Å². The molecule has 0 N–H and O–H groups in total. The van der Waals surface area contributed by atoms with Crippen molar-refractivity contribution in [3.05, 3.63) is 17.7 Å². The molecule has 1 atom stereocenters. The molecular weight excluding hydrogens is 251 g/mol. The highest BCUT2D eigenvalue weighted by atomic mass is 19.1. The average molecular weight is 282 g/mol. The summed E-state index contributed by atoms with van der Waals surface area (Å²) >= 11 is 0. The van der Waals surface area contributed by atoms with Crippen molar-refractivity contribution < 1.29 is 4.39 Å². The number of aromatic nitrogens is 2. The van der Waals surface area contributed by atoms with Crippen LogP contribution in [0.5, 0.6) is 0 Å². The Balaban J connectivity index is 2.65. The number of hydrogen-bond donors (Lipinski definition) is 0. The maximum atomic E-state index is 13.6. The minimum Gasteiger partial charge on any atom is -0.242 e. The molecule has 1 aromatic rings. The molecule has 20 heavy (non-hydrogen) atoms. The van der Waals surface area contributed by atoms with Crippen LogP contribution in [-0.2, 0) is 12.5 Å². The van der Waals surface area contributed by atoms with Gasteiger partial charge in [-0.1, -0.05) is 65.7 Å². The van der Waals surface area contributed by atoms with Crippen LogP contribution in [0.2, 0.25) is 0 Å². The van der Waals surface area contributed by atoms with Gasteiger partial charge >= 0.3 is 0 Å². The number of hydrogen-bond acceptors (Lipinski definition) is 1. The van der Waals surface area contributed by atoms with E-state index in [4.69, 9.17) is 0 Å². The zero-order chi connectivity index (χ0) is 15.0. The zero-order valence-corrected chi connectivity index (χ0v) is 13.7. The standard InChI is InChI=1S/C17H31FN2/c1-5-7-9-10-11-13-17(3,12-8-6-2)15-14-16(18)20(4)19-15/h14H,5-13H2,1-4H3. The van der Waals surface area contributed by atoms with Crippen LogP contribution in [0.15, 0.2) is 6.07 Å². The second-order valence-electron chi connectivity index (χ2n) is 6.30. The summed E-state index contributed by atoms with van der Waals surface area (Å²) in [6.07, 6.45) is 11.0. The molecule has 0 spiro atoms. The topological polar surface area (TPSA) is 17.8 Å². The van der Waals surface area contributed by atoms with Gasteiger partial charge in [0.25, 0.3) is 0 Å². The number of aryl methyl sites for hydroxylation is 1. The Bertz CT molecular complexity index is 367. The molecule has 1 rings (SSSR count). The van der Waals surface area contributed by atoms with Crippen LogP contribution < -0.4 is 0 Å². The predicted molar refractivity (Wildman–Crippen MR) is 83.4 cm³/mol. The van der Waals surface area contributed by atoms with Crippen LogP contribution in [0, 0.1) is 5.95 Å². The van der Waals surface area contributed by atoms with Gasteiger partial charge in [-0.25, -0.2) is 4.68 Å². The van der Waals surface area contributed by atoms with E-state index in [-0.39, 0.29) is 11.4 Å². The smallest absolute Gasteiger partial charge is 0.211 e. The fourth-order valence-corrected chi connectivity index (χ4v) is 2.81. The van der Waals surface area contributed by atoms with E-state index in [0.29, 0.717) is 0 Å². The Morgan fingerprint density at radius 3 is 2.20 bits per heavy atom. The third-order valence-corrected chi connectivity index (χ3v) is 4.36. The van der Waals surface area contributed by atoms with Gasteiger partial charge in [0.1, 0.15) is 0 Å². The normalized spacial score (nSPS) is 14.4. The van der Waals surface area contributed by atoms with E-state index in [1.807, 2.05) is 0 Å². The largest absolute Gasteiger partial charge is 0.242 e. The molecule has 1 unspecified atom stereocenters. The highest BCUT2D eigenvalue weighted by Gasteiger charge is 2.29. The van der Waals surface area contributed by atoms with Crippen molar-refractivity contribution in [3.63, 3.8) is 0 Å². The van der Waals surface area contributed by atoms with E-state index < -0.39 is 0 Å². The van der Waals surface area contributed by atoms with Gasteiger partial charge in [-0.2, -0.15) is 9.49 Å². The molecule has 1 heterocycles. The van der Waals surface area contributed by atoms with E-state index in [2.05, 4.69) is 25.9 Å². The second kappa shape index (κ2) is 8.43. The summed E-state index contributed by atoms with van der Waals surface area (Å²) in [6.45, 7) is 6.70. The molecule has 0 aliphatic carbocycles. The highest BCUT2D eigenvalue weighted by molar-refractivity contribution is 5.14. The molecule has 0 bridgehead atoms. The predicted octanol–water partition coefficient (Wildman–Crippen LogP) is 5.37. The first-order valence-electron chi connectivity index (χ1n) is 8.23. The van der Waals surface area contributed by atoms with Gasteiger partial charge in [-0.15, -0.1) is 0 Å². The van der Waals surface area contributed by atoms with Gasteiger partial charge in [0.05, 0.1) is 5.69 Å². The molecule has 3 heteroatoms. The molecule has 0 aliphatic heterocycles. The van der Waals surface area contributed by atoms with E-state index in [9.17, 15) is 4.39 Å². The SMILES string of the molecule is CCCCCCCC(C)(CCCC)c1cc(F)n(C)n1. The lowest BCUT2D eigenvalue weighted by Gasteiger charge is -2.28. The van der Waals surface area contributed by atoms with E-state index in [1.165, 1.54) is 49.6 Å². The summed E-state index contributed by atoms with van der Waals surface area (Å²) in [5.74, 6) is -0.228. The number of nitrogens with zero attached hydrogens (tertiary/aromatic N) is 2. The highest BCUT2D eigenvalue weighted by Crippen LogP contribution is 2.34. The van der Waals surface area contributed by atoms with Gasteiger partial charge in [0.2, 0.25) is 5.95 Å². The zero-order valence-electron chi connectivity index (χ0n) is 13.7. The molecule has 116 valence electrons. The second-order valence-corrected chi connectivity index (χ2v) is 6.30. The maximum Gasteiger partial charge on any atom is 0.211 e. The summed E-state index contributed by atoms with van der Waals surface area (Å²) in [5.41, 5.74) is 0.964. The van der Waals surface area contributed by atoms with Crippen LogP contribution in [0.3, 0.4) is 0 Å². The fourth-order valence-electron chi connectivity index (χ4n) is 2.81. The van der Waals surface area contributed by atoms with E-state index in [1.54, 1.807) is 13.1 Å². The number of rotatable bonds is 10. The van der Waals surface area contributed by atoms with Crippen molar-refractivity contribution in [2.24, 2.45) is 7.05 Å². The third kappa shape index (κ3) is 4.92. The van der Waals surface area contributed by atoms with Crippen molar-refractivity contribution in [1.82, 2.24) is 9.78 Å². The van der Waals surface area contributed by atoms with Crippen molar-refractivity contribution >= 4 is 0 Å². The average Bonchev–Trinajstić information content (AvgIpc) is 2.77. The summed E-state index contributed by atoms with van der Waals surface area (Å²) in [5, 5.41) is 4.39. The summed E-state index contributed by atoms with van der Waals surface area (Å²) in [4.78, 5) is 0. The van der Waals surface area contributed by atoms with Gasteiger partial charge in [-0.3, -0.25) is 0 Å². The molecule has 2 nitrogen and oxygen atoms in total. The monoisotopic (exact) mass is 282 g/mol. The molecule has 0 amide bonds. The van der Waals surface area contributed by atoms with E-state index >= 15 is 0 Å². The van der Waals surface area contributed by atoms with Gasteiger partial charge in [0, 0.05) is 18.5 Å². The van der Waals surface area contributed by atoms with Crippen LogP contribution >= 0.6 is 0 Å². The first-order chi connectivity index (χ1) is 9.53. The Kier molecular flexibility index (Phi) is 7.25. The molecule has 0 aromatic carbocycles. The first-order valence-corrected chi connectivity index (χ1v) is 8.23. The molecule has 0 radical (unpaired) electrons. The fraction of sp³-hybridized carbons (Fsp3) is 0.824. The number of halogens is 1. The van der Waals surface area contributed by atoms with Crippen molar-refractivity contribution in [3.8, 4) is 0 Å². The van der Waals surface area contributed by atoms with Crippen molar-refractivity contribution in [2.75, 3.05) is 0 Å². The molecule has 1 aromatic heterocycles. The lowest BCUT2D eigenvalue weighted by molar-refractivity contribution is 0.356. The lowest BCUT2D eigenvalue weighted by atomic mass is 9.77. The van der Waals surface area contributed by atoms with Gasteiger partial charge in [-0.05, 0) is 12.8 Å². The summed E-state index contributed by atoms with van der Waals surface area (Å²) < 4.78 is 14.9. The summed E-state index contributed by atoms with van der Waals surface area (Å²) in [7, 11) is 1.68. The Hall–Kier alpha value is -0.860. The molecule has 0 saturated carbocycles. The van der Waals surface area contributed by atoms with Crippen molar-refractivity contribution in [2.45, 2.75) is 84.0 Å². The van der Waals surface area contributed by atoms with Gasteiger partial charge in [0.15, 0.2) is 0 Å². The number of unbranched alkanes of at least 4 members (excludes halogenated alkanes) is 5. The molecule has 0 saturated heterocycles. The minimum absolute atomic E-state index is 0.0321. The van der Waals surface area contributed by atoms with Crippen LogP contribution in [0.25, 0.3) is 0 Å². The van der Waals surface area contributed by atoms with Crippen LogP contribution in [0.4, 0.5) is 4.39 Å². The Morgan fingerprint density at radius 2 is 1.65 bits per heavy atom. The molecular formula is C17H31FN2. The van der Waals surface area contributed by atoms with Crippen LogP contribution in [0.1, 0.15) is 84.3 Å². The Morgan fingerprint density at radius 1 is 1.05 bits per heavy atom. The van der Waals surface area contributed by atoms with Gasteiger partial charge < -0.3 is 0 Å². The van der Waals surface area contributed by atoms with E-state index in [0.717, 1.165) is 18.5 Å². The Labute approximate surface area is 123 Å². The van der Waals surface area contributed by atoms with Crippen LogP contribution in [-0.4, -0.2) is 9.78 Å². The minimum atomic E-state index is -0.228. The lowest BCUT2D eigenvalue weighted by Crippen LogP contribution is -2.23. The first kappa shape index (κ1) is 17.2. The summed E-state index contributed by atoms with van der Waals surface area (Å²) in [6, 6.07) is 1.63. The molecule has 0 fully saturated rings. The third-order valence-electron chi connectivity index (χ3n) is 4.36. The maximum absolute atomic E-state index is 13.6.